The molecule has 0 bridgehead atoms. The average Bonchev–Trinajstić information content (AvgIpc) is 3.29. The van der Waals surface area contributed by atoms with Crippen molar-refractivity contribution in [2.75, 3.05) is 6.61 Å². The summed E-state index contributed by atoms with van der Waals surface area (Å²) >= 11 is 7.69. The van der Waals surface area contributed by atoms with E-state index in [4.69, 9.17) is 30.0 Å². The minimum absolute atomic E-state index is 0.00265. The van der Waals surface area contributed by atoms with Crippen LogP contribution in [0.4, 0.5) is 0 Å². The van der Waals surface area contributed by atoms with Crippen LogP contribution < -0.4 is 11.2 Å². The highest BCUT2D eigenvalue weighted by Crippen LogP contribution is 2.75. The largest absolute Gasteiger partial charge is 0.411 e. The number of ether oxygens (including phenoxy) is 1. The van der Waals surface area contributed by atoms with E-state index in [9.17, 15) is 9.59 Å². The number of nitrogens with one attached hydrogen (secondary N) is 1. The molecule has 1 N–H and O–H groups in total. The van der Waals surface area contributed by atoms with E-state index in [0.717, 1.165) is 19.3 Å². The molecular weight excluding hydrogens is 559 g/mol. The molecule has 1 saturated carbocycles. The van der Waals surface area contributed by atoms with Crippen molar-refractivity contribution in [3.05, 3.63) is 44.8 Å². The molecule has 0 aromatic carbocycles. The van der Waals surface area contributed by atoms with Gasteiger partial charge in [-0.15, -0.1) is 0 Å². The Hall–Kier alpha value is -0.523. The molecule has 214 valence electrons. The van der Waals surface area contributed by atoms with Crippen LogP contribution in [0.3, 0.4) is 0 Å². The van der Waals surface area contributed by atoms with Gasteiger partial charge in [0.15, 0.2) is 8.32 Å². The van der Waals surface area contributed by atoms with Crippen molar-refractivity contribution < 1.29 is 18.2 Å². The Kier molecular flexibility index (Phi) is 8.58. The molecule has 1 aliphatic carbocycles. The van der Waals surface area contributed by atoms with Crippen LogP contribution in [0.5, 0.6) is 0 Å². The van der Waals surface area contributed by atoms with E-state index in [-0.39, 0.29) is 28.6 Å². The van der Waals surface area contributed by atoms with Gasteiger partial charge in [0.1, 0.15) is 12.3 Å². The highest BCUT2D eigenvalue weighted by atomic mass is 32.9. The summed E-state index contributed by atoms with van der Waals surface area (Å²) < 4.78 is 27.5. The molecule has 3 aliphatic rings. The van der Waals surface area contributed by atoms with Crippen LogP contribution >= 0.6 is 17.1 Å². The van der Waals surface area contributed by atoms with Gasteiger partial charge >= 0.3 is 5.69 Å². The second kappa shape index (κ2) is 10.7. The number of aromatic nitrogens is 2. The smallest absolute Gasteiger partial charge is 0.330 e. The first-order chi connectivity index (χ1) is 17.4. The number of aryl methyl sites for hydroxylation is 1. The minimum Gasteiger partial charge on any atom is -0.411 e. The first kappa shape index (κ1) is 30.4. The zero-order valence-electron chi connectivity index (χ0n) is 23.9. The monoisotopic (exact) mass is 602 g/mol. The maximum Gasteiger partial charge on any atom is 0.330 e. The van der Waals surface area contributed by atoms with Crippen molar-refractivity contribution in [2.24, 2.45) is 5.92 Å². The third-order valence-electron chi connectivity index (χ3n) is 8.73. The lowest BCUT2D eigenvalue weighted by atomic mass is 9.77. The van der Waals surface area contributed by atoms with Gasteiger partial charge in [-0.25, -0.2) is 4.79 Å². The molecule has 3 fully saturated rings. The van der Waals surface area contributed by atoms with Crippen molar-refractivity contribution in [2.45, 2.75) is 115 Å². The minimum atomic E-state index is -2.60. The molecule has 0 radical (unpaired) electrons. The Morgan fingerprint density at radius 1 is 1.37 bits per heavy atom. The summed E-state index contributed by atoms with van der Waals surface area (Å²) in [6.45, 7) is 21.4. The average molecular weight is 603 g/mol. The van der Waals surface area contributed by atoms with Gasteiger partial charge in [-0.1, -0.05) is 44.3 Å². The molecule has 2 saturated heterocycles. The lowest BCUT2D eigenvalue weighted by molar-refractivity contribution is -0.0396. The molecule has 4 rings (SSSR count). The molecule has 0 amide bonds. The van der Waals surface area contributed by atoms with Crippen LogP contribution in [0, 0.1) is 12.8 Å². The van der Waals surface area contributed by atoms with Crippen LogP contribution in [0.15, 0.2) is 27.9 Å². The van der Waals surface area contributed by atoms with Gasteiger partial charge in [-0.2, -0.15) is 0 Å². The molecule has 0 unspecified atom stereocenters. The van der Waals surface area contributed by atoms with Crippen LogP contribution in [0.1, 0.15) is 72.1 Å². The molecule has 3 heterocycles. The maximum absolute atomic E-state index is 12.6. The summed E-state index contributed by atoms with van der Waals surface area (Å²) in [6.07, 6.45) is 3.85. The lowest BCUT2D eigenvalue weighted by Gasteiger charge is -2.39. The Morgan fingerprint density at radius 3 is 2.68 bits per heavy atom. The van der Waals surface area contributed by atoms with Crippen molar-refractivity contribution in [3.63, 3.8) is 0 Å². The van der Waals surface area contributed by atoms with Crippen LogP contribution in [0.2, 0.25) is 18.1 Å². The molecule has 7 atom stereocenters. The van der Waals surface area contributed by atoms with Gasteiger partial charge in [0, 0.05) is 22.9 Å². The quantitative estimate of drug-likeness (QED) is 0.230. The summed E-state index contributed by atoms with van der Waals surface area (Å²) in [5.74, 6) is 0.454. The summed E-state index contributed by atoms with van der Waals surface area (Å²) in [7, 11) is -2.15. The molecule has 1 aromatic rings. The molecule has 12 heteroatoms. The predicted molar refractivity (Wildman–Crippen MR) is 160 cm³/mol. The fourth-order valence-electron chi connectivity index (χ4n) is 5.11. The third kappa shape index (κ3) is 6.20. The van der Waals surface area contributed by atoms with Crippen LogP contribution in [-0.4, -0.2) is 47.5 Å². The van der Waals surface area contributed by atoms with E-state index in [0.29, 0.717) is 17.9 Å². The van der Waals surface area contributed by atoms with Gasteiger partial charge < -0.3 is 18.2 Å². The lowest BCUT2D eigenvalue weighted by Crippen LogP contribution is -2.46. The van der Waals surface area contributed by atoms with Crippen molar-refractivity contribution in [1.29, 1.82) is 0 Å². The SMILES string of the molecule is C=C(C)[C@@H]1CC[C@]2(C)S[P@@](=S)(OC[C@H]3O[C@@H](n4cc(C)c(=O)[nH]c4=O)C[C@@H]3O[Si](C)(C)C(C)(C)C)O[C@H]2C1. The fourth-order valence-corrected chi connectivity index (χ4v) is 13.6. The Labute approximate surface area is 236 Å². The van der Waals surface area contributed by atoms with Gasteiger partial charge in [0.05, 0.1) is 18.8 Å². The van der Waals surface area contributed by atoms with E-state index in [1.165, 1.54) is 10.1 Å². The number of allylic oxidation sites excluding steroid dienone is 1. The van der Waals surface area contributed by atoms with E-state index in [2.05, 4.69) is 59.3 Å². The molecule has 1 aromatic heterocycles. The second-order valence-electron chi connectivity index (χ2n) is 12.8. The second-order valence-corrected chi connectivity index (χ2v) is 24.2. The topological polar surface area (TPSA) is 91.8 Å². The molecule has 8 nitrogen and oxygen atoms in total. The van der Waals surface area contributed by atoms with Gasteiger partial charge in [-0.05, 0) is 75.9 Å². The zero-order chi connectivity index (χ0) is 28.3. The summed E-state index contributed by atoms with van der Waals surface area (Å²) in [5, 5.41) is 0.00265. The highest BCUT2D eigenvalue weighted by molar-refractivity contribution is 8.68. The molecular formula is C26H43N2O6PS2Si. The number of rotatable bonds is 7. The fraction of sp³-hybridized carbons (Fsp3) is 0.769. The van der Waals surface area contributed by atoms with Crippen molar-refractivity contribution in [1.82, 2.24) is 9.55 Å². The summed E-state index contributed by atoms with van der Waals surface area (Å²) in [6, 6.07) is 0. The normalized spacial score (nSPS) is 35.8. The van der Waals surface area contributed by atoms with Gasteiger partial charge in [-0.3, -0.25) is 14.3 Å². The maximum atomic E-state index is 12.6. The van der Waals surface area contributed by atoms with Crippen molar-refractivity contribution >= 4 is 37.2 Å². The molecule has 2 aliphatic heterocycles. The number of H-pyrrole nitrogens is 1. The summed E-state index contributed by atoms with van der Waals surface area (Å²) in [5.41, 5.74) is -1.84. The van der Waals surface area contributed by atoms with Gasteiger partial charge in [0.25, 0.3) is 5.56 Å². The van der Waals surface area contributed by atoms with Gasteiger partial charge in [0.2, 0.25) is 5.69 Å². The molecule has 0 spiro atoms. The Morgan fingerprint density at radius 2 is 2.05 bits per heavy atom. The summed E-state index contributed by atoms with van der Waals surface area (Å²) in [4.78, 5) is 26.9. The highest BCUT2D eigenvalue weighted by Gasteiger charge is 2.54. The first-order valence-corrected chi connectivity index (χ1v) is 20.3. The first-order valence-electron chi connectivity index (χ1n) is 13.4. The molecule has 38 heavy (non-hydrogen) atoms. The van der Waals surface area contributed by atoms with E-state index in [1.807, 2.05) is 0 Å². The predicted octanol–water partition coefficient (Wildman–Crippen LogP) is 6.03. The number of aromatic amines is 1. The van der Waals surface area contributed by atoms with Crippen LogP contribution in [-0.2, 0) is 30.0 Å². The third-order valence-corrected chi connectivity index (χ3v) is 19.1. The zero-order valence-corrected chi connectivity index (χ0v) is 27.4. The van der Waals surface area contributed by atoms with E-state index < -0.39 is 37.6 Å². The number of hydrogen-bond donors (Lipinski definition) is 1. The van der Waals surface area contributed by atoms with E-state index in [1.54, 1.807) is 24.5 Å². The number of hydrogen-bond acceptors (Lipinski definition) is 8. The van der Waals surface area contributed by atoms with Crippen molar-refractivity contribution in [3.8, 4) is 0 Å². The Bertz CT molecular complexity index is 1240. The number of nitrogens with zero attached hydrogens (tertiary/aromatic N) is 1. The Balaban J connectivity index is 1.53. The number of fused-ring (bicyclic) bond motifs is 1. The van der Waals surface area contributed by atoms with E-state index >= 15 is 0 Å². The standard InChI is InChI=1S/C26H43N2O6PS2Si/c1-16(2)18-10-11-26(7)21(12-18)33-35(36,37-26)31-15-20-19(34-38(8,9)25(4,5)6)13-22(32-20)28-14-17(3)23(29)27-24(28)30/h14,18-22H,1,10-13,15H2,2-9H3,(H,27,29,30)/t18-,19+,20-,21+,22-,26+,35+/m1/s1. The van der Waals surface area contributed by atoms with Crippen LogP contribution in [0.25, 0.3) is 0 Å².